The number of aryl methyl sites for hydroxylation is 1. The van der Waals surface area contributed by atoms with E-state index in [1.807, 2.05) is 25.1 Å². The predicted octanol–water partition coefficient (Wildman–Crippen LogP) is 3.56. The highest BCUT2D eigenvalue weighted by Crippen LogP contribution is 2.35. The molecular formula is C17H18FNOS. The molecule has 0 saturated heterocycles. The second-order valence-electron chi connectivity index (χ2n) is 5.35. The van der Waals surface area contributed by atoms with E-state index >= 15 is 0 Å². The monoisotopic (exact) mass is 303 g/mol. The van der Waals surface area contributed by atoms with Gasteiger partial charge in [0.05, 0.1) is 0 Å². The normalized spacial score (nSPS) is 18.7. The van der Waals surface area contributed by atoms with Crippen LogP contribution in [0.15, 0.2) is 47.4 Å². The van der Waals surface area contributed by atoms with Gasteiger partial charge in [-0.2, -0.15) is 0 Å². The van der Waals surface area contributed by atoms with Crippen molar-refractivity contribution in [3.63, 3.8) is 0 Å². The van der Waals surface area contributed by atoms with Crippen molar-refractivity contribution in [2.45, 2.75) is 30.4 Å². The van der Waals surface area contributed by atoms with Crippen LogP contribution < -0.4 is 10.5 Å². The van der Waals surface area contributed by atoms with Gasteiger partial charge < -0.3 is 10.5 Å². The van der Waals surface area contributed by atoms with Crippen molar-refractivity contribution in [2.24, 2.45) is 5.73 Å². The van der Waals surface area contributed by atoms with Gasteiger partial charge in [-0.3, -0.25) is 0 Å². The fourth-order valence-electron chi connectivity index (χ4n) is 2.49. The minimum absolute atomic E-state index is 0.0485. The summed E-state index contributed by atoms with van der Waals surface area (Å²) in [5, 5.41) is 0. The highest BCUT2D eigenvalue weighted by molar-refractivity contribution is 7.99. The quantitative estimate of drug-likeness (QED) is 0.941. The molecule has 2 N–H and O–H groups in total. The summed E-state index contributed by atoms with van der Waals surface area (Å²) in [5.74, 6) is 1.50. The van der Waals surface area contributed by atoms with Crippen LogP contribution in [-0.2, 0) is 6.42 Å². The summed E-state index contributed by atoms with van der Waals surface area (Å²) in [6.07, 6.45) is 0.573. The van der Waals surface area contributed by atoms with Gasteiger partial charge in [0.1, 0.15) is 17.7 Å². The molecule has 4 heteroatoms. The number of hydrogen-bond donors (Lipinski definition) is 1. The van der Waals surface area contributed by atoms with Crippen LogP contribution in [0.5, 0.6) is 5.75 Å². The zero-order valence-corrected chi connectivity index (χ0v) is 12.7. The predicted molar refractivity (Wildman–Crippen MR) is 84.4 cm³/mol. The average molecular weight is 303 g/mol. The highest BCUT2D eigenvalue weighted by Gasteiger charge is 2.26. The lowest BCUT2D eigenvalue weighted by atomic mass is 9.98. The van der Waals surface area contributed by atoms with Crippen molar-refractivity contribution in [1.82, 2.24) is 0 Å². The minimum Gasteiger partial charge on any atom is -0.487 e. The van der Waals surface area contributed by atoms with Crippen LogP contribution in [0.3, 0.4) is 0 Å². The summed E-state index contributed by atoms with van der Waals surface area (Å²) in [5.41, 5.74) is 8.31. The number of halogens is 1. The molecule has 2 atom stereocenters. The van der Waals surface area contributed by atoms with Crippen molar-refractivity contribution in [3.8, 4) is 5.75 Å². The van der Waals surface area contributed by atoms with Crippen molar-refractivity contribution < 1.29 is 9.13 Å². The smallest absolute Gasteiger partial charge is 0.133 e. The first-order chi connectivity index (χ1) is 10.1. The van der Waals surface area contributed by atoms with E-state index in [2.05, 4.69) is 6.07 Å². The molecule has 0 saturated carbocycles. The third-order valence-electron chi connectivity index (χ3n) is 3.77. The zero-order chi connectivity index (χ0) is 14.8. The van der Waals surface area contributed by atoms with Gasteiger partial charge in [-0.15, -0.1) is 11.8 Å². The van der Waals surface area contributed by atoms with Gasteiger partial charge in [0.15, 0.2) is 0 Å². The van der Waals surface area contributed by atoms with Gasteiger partial charge in [0.2, 0.25) is 0 Å². The zero-order valence-electron chi connectivity index (χ0n) is 11.9. The third-order valence-corrected chi connectivity index (χ3v) is 4.92. The topological polar surface area (TPSA) is 35.2 Å². The molecule has 0 amide bonds. The number of thioether (sulfide) groups is 1. The summed E-state index contributed by atoms with van der Waals surface area (Å²) < 4.78 is 19.4. The first kappa shape index (κ1) is 14.4. The van der Waals surface area contributed by atoms with E-state index in [4.69, 9.17) is 10.5 Å². The number of rotatable bonds is 3. The number of nitrogens with two attached hydrogens (primary N) is 1. The molecule has 0 radical (unpaired) electrons. The molecule has 3 rings (SSSR count). The third kappa shape index (κ3) is 3.22. The minimum atomic E-state index is -0.216. The Balaban J connectivity index is 1.72. The molecule has 2 unspecified atom stereocenters. The molecule has 1 aliphatic heterocycles. The van der Waals surface area contributed by atoms with Gasteiger partial charge >= 0.3 is 0 Å². The Labute approximate surface area is 128 Å². The van der Waals surface area contributed by atoms with E-state index in [1.54, 1.807) is 23.9 Å². The van der Waals surface area contributed by atoms with Crippen LogP contribution in [0.25, 0.3) is 0 Å². The second-order valence-corrected chi connectivity index (χ2v) is 6.41. The van der Waals surface area contributed by atoms with Gasteiger partial charge in [0, 0.05) is 16.7 Å². The van der Waals surface area contributed by atoms with Crippen molar-refractivity contribution in [1.29, 1.82) is 0 Å². The molecule has 0 aliphatic carbocycles. The largest absolute Gasteiger partial charge is 0.487 e. The molecule has 0 fully saturated rings. The van der Waals surface area contributed by atoms with Crippen molar-refractivity contribution in [2.75, 3.05) is 5.75 Å². The number of fused-ring (bicyclic) bond motifs is 1. The summed E-state index contributed by atoms with van der Waals surface area (Å²) in [6.45, 7) is 1.98. The molecule has 21 heavy (non-hydrogen) atoms. The fourth-order valence-corrected chi connectivity index (χ4v) is 3.58. The molecule has 0 bridgehead atoms. The standard InChI is InChI=1S/C17H18FNOS/c1-11-6-7-13(18)8-12(11)9-14(19)16-10-21-17-5-3-2-4-15(17)20-16/h2-8,14,16H,9-10,19H2,1H3. The molecule has 2 aromatic rings. The van der Waals surface area contributed by atoms with Crippen LogP contribution in [0, 0.1) is 12.7 Å². The van der Waals surface area contributed by atoms with Crippen LogP contribution in [-0.4, -0.2) is 17.9 Å². The maximum Gasteiger partial charge on any atom is 0.133 e. The number of para-hydroxylation sites is 1. The maximum absolute atomic E-state index is 13.4. The highest BCUT2D eigenvalue weighted by atomic mass is 32.2. The Morgan fingerprint density at radius 1 is 1.33 bits per heavy atom. The Morgan fingerprint density at radius 2 is 2.14 bits per heavy atom. The first-order valence-electron chi connectivity index (χ1n) is 7.02. The molecule has 0 spiro atoms. The Bertz CT molecular complexity index is 646. The van der Waals surface area contributed by atoms with Gasteiger partial charge in [-0.05, 0) is 48.7 Å². The van der Waals surface area contributed by atoms with Crippen molar-refractivity contribution >= 4 is 11.8 Å². The first-order valence-corrected chi connectivity index (χ1v) is 8.01. The van der Waals surface area contributed by atoms with E-state index in [-0.39, 0.29) is 18.0 Å². The van der Waals surface area contributed by atoms with E-state index in [0.717, 1.165) is 27.5 Å². The Kier molecular flexibility index (Phi) is 4.17. The Morgan fingerprint density at radius 3 is 3.00 bits per heavy atom. The lowest BCUT2D eigenvalue weighted by Gasteiger charge is -2.30. The van der Waals surface area contributed by atoms with Crippen LogP contribution in [0.1, 0.15) is 11.1 Å². The van der Waals surface area contributed by atoms with Crippen LogP contribution in [0.2, 0.25) is 0 Å². The fraction of sp³-hybridized carbons (Fsp3) is 0.294. The van der Waals surface area contributed by atoms with E-state index < -0.39 is 0 Å². The summed E-state index contributed by atoms with van der Waals surface area (Å²) in [4.78, 5) is 1.16. The van der Waals surface area contributed by atoms with Crippen LogP contribution in [0.4, 0.5) is 4.39 Å². The molecule has 0 aromatic heterocycles. The molecule has 1 heterocycles. The average Bonchev–Trinajstić information content (AvgIpc) is 2.50. The molecule has 110 valence electrons. The Hall–Kier alpha value is -1.52. The summed E-state index contributed by atoms with van der Waals surface area (Å²) in [7, 11) is 0. The van der Waals surface area contributed by atoms with Crippen molar-refractivity contribution in [3.05, 3.63) is 59.4 Å². The molecule has 2 aromatic carbocycles. The lowest BCUT2D eigenvalue weighted by molar-refractivity contribution is 0.184. The lowest BCUT2D eigenvalue weighted by Crippen LogP contribution is -2.43. The van der Waals surface area contributed by atoms with E-state index in [1.165, 1.54) is 6.07 Å². The molecule has 1 aliphatic rings. The maximum atomic E-state index is 13.4. The summed E-state index contributed by atoms with van der Waals surface area (Å²) >= 11 is 1.76. The molecule has 2 nitrogen and oxygen atoms in total. The number of benzene rings is 2. The molecular weight excluding hydrogens is 285 g/mol. The number of ether oxygens (including phenoxy) is 1. The second kappa shape index (κ2) is 6.08. The van der Waals surface area contributed by atoms with Crippen LogP contribution >= 0.6 is 11.8 Å². The van der Waals surface area contributed by atoms with E-state index in [0.29, 0.717) is 6.42 Å². The van der Waals surface area contributed by atoms with Gasteiger partial charge in [-0.1, -0.05) is 18.2 Å². The van der Waals surface area contributed by atoms with E-state index in [9.17, 15) is 4.39 Å². The number of hydrogen-bond acceptors (Lipinski definition) is 3. The summed E-state index contributed by atoms with van der Waals surface area (Å²) in [6, 6.07) is 12.7. The van der Waals surface area contributed by atoms with Gasteiger partial charge in [-0.25, -0.2) is 4.39 Å². The SMILES string of the molecule is Cc1ccc(F)cc1CC(N)C1CSc2ccccc2O1. The van der Waals surface area contributed by atoms with Gasteiger partial charge in [0.25, 0.3) is 0 Å².